The van der Waals surface area contributed by atoms with Crippen molar-refractivity contribution in [3.63, 3.8) is 0 Å². The maximum Gasteiger partial charge on any atom is 0.0207 e. The zero-order chi connectivity index (χ0) is 10.5. The molecule has 1 aromatic carbocycles. The zero-order valence-corrected chi connectivity index (χ0v) is 12.7. The summed E-state index contributed by atoms with van der Waals surface area (Å²) in [5, 5.41) is 3.63. The average molecular weight is 291 g/mol. The summed E-state index contributed by atoms with van der Waals surface area (Å²) >= 11 is 0. The third-order valence-electron chi connectivity index (χ3n) is 3.32. The molecule has 0 saturated heterocycles. The molecule has 0 unspecified atom stereocenters. The number of hydrogen-bond donors (Lipinski definition) is 1. The van der Waals surface area contributed by atoms with Gasteiger partial charge in [-0.25, -0.2) is 0 Å². The van der Waals surface area contributed by atoms with Crippen LogP contribution in [0.3, 0.4) is 0 Å². The Kier molecular flexibility index (Phi) is 6.80. The van der Waals surface area contributed by atoms with Gasteiger partial charge in [0.15, 0.2) is 0 Å². The van der Waals surface area contributed by atoms with E-state index in [0.717, 1.165) is 6.54 Å². The third kappa shape index (κ3) is 4.27. The van der Waals surface area contributed by atoms with Gasteiger partial charge in [0.05, 0.1) is 0 Å². The third-order valence-corrected chi connectivity index (χ3v) is 3.32. The van der Waals surface area contributed by atoms with Crippen LogP contribution in [0, 0.1) is 12.8 Å². The van der Waals surface area contributed by atoms with Crippen LogP contribution in [0.15, 0.2) is 30.3 Å². The first kappa shape index (κ1) is 14.3. The molecule has 1 saturated carbocycles. The van der Waals surface area contributed by atoms with Gasteiger partial charge in [0, 0.05) is 39.3 Å². The Morgan fingerprint density at radius 2 is 1.81 bits per heavy atom. The maximum atomic E-state index is 4.23. The van der Waals surface area contributed by atoms with Gasteiger partial charge in [-0.05, 0) is 18.0 Å². The van der Waals surface area contributed by atoms with E-state index in [1.165, 1.54) is 31.2 Å². The Hall–Kier alpha value is 0.284. The molecule has 0 aliphatic heterocycles. The smallest absolute Gasteiger partial charge is 0.0207 e. The predicted octanol–water partition coefficient (Wildman–Crippen LogP) is 3.17. The molecule has 0 amide bonds. The molecule has 1 aliphatic carbocycles. The second-order valence-corrected chi connectivity index (χ2v) is 4.52. The molecule has 0 heterocycles. The summed E-state index contributed by atoms with van der Waals surface area (Å²) in [6.45, 7) is 5.21. The minimum absolute atomic E-state index is 0. The number of benzene rings is 1. The summed E-state index contributed by atoms with van der Waals surface area (Å²) in [7, 11) is 0. The normalized spacial score (nSPS) is 24.8. The van der Waals surface area contributed by atoms with E-state index in [0.29, 0.717) is 12.0 Å². The van der Waals surface area contributed by atoms with Gasteiger partial charge in [0.1, 0.15) is 0 Å². The van der Waals surface area contributed by atoms with Crippen molar-refractivity contribution < 1.29 is 32.7 Å². The Morgan fingerprint density at radius 1 is 1.12 bits per heavy atom. The molecule has 1 nitrogen and oxygen atoms in total. The van der Waals surface area contributed by atoms with Gasteiger partial charge in [0.2, 0.25) is 0 Å². The van der Waals surface area contributed by atoms with Crippen LogP contribution in [0.25, 0.3) is 0 Å². The van der Waals surface area contributed by atoms with Crippen molar-refractivity contribution in [1.82, 2.24) is 5.32 Å². The summed E-state index contributed by atoms with van der Waals surface area (Å²) in [5.41, 5.74) is 1.37. The fourth-order valence-electron chi connectivity index (χ4n) is 2.32. The van der Waals surface area contributed by atoms with Crippen LogP contribution in [0.1, 0.15) is 31.2 Å². The fourth-order valence-corrected chi connectivity index (χ4v) is 2.32. The molecule has 16 heavy (non-hydrogen) atoms. The monoisotopic (exact) mass is 291 g/mol. The molecule has 1 fully saturated rings. The summed E-state index contributed by atoms with van der Waals surface area (Å²) < 4.78 is 0. The van der Waals surface area contributed by atoms with Gasteiger partial charge in [-0.3, -0.25) is 0 Å². The first-order valence-electron chi connectivity index (χ1n) is 5.96. The topological polar surface area (TPSA) is 12.0 Å². The van der Waals surface area contributed by atoms with Crippen LogP contribution in [0.2, 0.25) is 0 Å². The summed E-state index contributed by atoms with van der Waals surface area (Å²) in [5.74, 6) is 0.600. The molecule has 1 radical (unpaired) electrons. The Morgan fingerprint density at radius 3 is 2.50 bits per heavy atom. The second kappa shape index (κ2) is 7.58. The van der Waals surface area contributed by atoms with Crippen molar-refractivity contribution in [1.29, 1.82) is 0 Å². The minimum Gasteiger partial charge on any atom is -0.339 e. The fraction of sp³-hybridized carbons (Fsp3) is 0.500. The maximum absolute atomic E-state index is 4.23. The van der Waals surface area contributed by atoms with Gasteiger partial charge in [-0.2, -0.15) is 5.92 Å². The molecule has 1 aromatic rings. The summed E-state index contributed by atoms with van der Waals surface area (Å²) in [6.07, 6.45) is 5.30. The van der Waals surface area contributed by atoms with Crippen LogP contribution < -0.4 is 5.32 Å². The summed E-state index contributed by atoms with van der Waals surface area (Å²) in [4.78, 5) is 0. The SMILES string of the molecule is [CH2-][C@H]1CCCC[C@@H]1NCc1ccccc1.[Y]. The molecule has 2 rings (SSSR count). The van der Waals surface area contributed by atoms with E-state index >= 15 is 0 Å². The Balaban J connectivity index is 0.00000128. The predicted molar refractivity (Wildman–Crippen MR) is 64.4 cm³/mol. The summed E-state index contributed by atoms with van der Waals surface area (Å²) in [6, 6.07) is 11.2. The van der Waals surface area contributed by atoms with Crippen LogP contribution in [0.4, 0.5) is 0 Å². The largest absolute Gasteiger partial charge is 0.339 e. The minimum atomic E-state index is 0. The van der Waals surface area contributed by atoms with Gasteiger partial charge in [-0.15, -0.1) is 0 Å². The van der Waals surface area contributed by atoms with Crippen LogP contribution in [-0.2, 0) is 39.3 Å². The molecule has 0 bridgehead atoms. The second-order valence-electron chi connectivity index (χ2n) is 4.52. The molecule has 0 spiro atoms. The number of nitrogens with one attached hydrogen (secondary N) is 1. The number of hydrogen-bond acceptors (Lipinski definition) is 1. The molecule has 2 heteroatoms. The van der Waals surface area contributed by atoms with Crippen molar-refractivity contribution in [3.8, 4) is 0 Å². The molecule has 0 aromatic heterocycles. The first-order valence-corrected chi connectivity index (χ1v) is 5.96. The van der Waals surface area contributed by atoms with E-state index in [-0.39, 0.29) is 32.7 Å². The molecule has 1 aliphatic rings. The van der Waals surface area contributed by atoms with E-state index in [2.05, 4.69) is 42.6 Å². The van der Waals surface area contributed by atoms with Crippen molar-refractivity contribution in [2.75, 3.05) is 0 Å². The van der Waals surface area contributed by atoms with Crippen molar-refractivity contribution in [3.05, 3.63) is 42.8 Å². The number of rotatable bonds is 3. The molecular weight excluding hydrogens is 271 g/mol. The zero-order valence-electron chi connectivity index (χ0n) is 9.86. The van der Waals surface area contributed by atoms with E-state index in [4.69, 9.17) is 0 Å². The van der Waals surface area contributed by atoms with Crippen molar-refractivity contribution in [2.45, 2.75) is 38.3 Å². The Labute approximate surface area is 124 Å². The van der Waals surface area contributed by atoms with Gasteiger partial charge in [0.25, 0.3) is 0 Å². The van der Waals surface area contributed by atoms with E-state index in [1.54, 1.807) is 0 Å². The van der Waals surface area contributed by atoms with Crippen LogP contribution >= 0.6 is 0 Å². The van der Waals surface area contributed by atoms with Crippen LogP contribution in [0.5, 0.6) is 0 Å². The molecule has 1 N–H and O–H groups in total. The first-order chi connectivity index (χ1) is 7.36. The van der Waals surface area contributed by atoms with Crippen molar-refractivity contribution in [2.24, 2.45) is 5.92 Å². The molecule has 2 atom stereocenters. The quantitative estimate of drug-likeness (QED) is 0.844. The standard InChI is InChI=1S/C14H20N.Y/c1-12-7-5-6-10-14(12)15-11-13-8-3-2-4-9-13;/h2-4,8-9,12,14-15H,1,5-7,10-11H2;/q-1;/t12-,14-;/m0./s1. The van der Waals surface area contributed by atoms with Gasteiger partial charge < -0.3 is 12.2 Å². The van der Waals surface area contributed by atoms with Gasteiger partial charge >= 0.3 is 0 Å². The average Bonchev–Trinajstić information content (AvgIpc) is 2.29. The van der Waals surface area contributed by atoms with Crippen molar-refractivity contribution >= 4 is 0 Å². The van der Waals surface area contributed by atoms with E-state index in [9.17, 15) is 0 Å². The van der Waals surface area contributed by atoms with E-state index in [1.807, 2.05) is 0 Å². The van der Waals surface area contributed by atoms with Crippen LogP contribution in [-0.4, -0.2) is 6.04 Å². The molecule has 85 valence electrons. The Bertz CT molecular complexity index is 286. The van der Waals surface area contributed by atoms with Gasteiger partial charge in [-0.1, -0.05) is 49.6 Å². The van der Waals surface area contributed by atoms with E-state index < -0.39 is 0 Å². The molecular formula is C14H20NY-.